The summed E-state index contributed by atoms with van der Waals surface area (Å²) >= 11 is 0. The minimum atomic E-state index is -4.93. The number of nitrogens with one attached hydrogen (secondary N) is 1. The first-order valence-corrected chi connectivity index (χ1v) is 9.61. The van der Waals surface area contributed by atoms with Gasteiger partial charge in [0.05, 0.1) is 23.7 Å². The Morgan fingerprint density at radius 3 is 2.55 bits per heavy atom. The predicted molar refractivity (Wildman–Crippen MR) is 92.9 cm³/mol. The van der Waals surface area contributed by atoms with E-state index in [0.717, 1.165) is 22.9 Å². The van der Waals surface area contributed by atoms with Crippen molar-refractivity contribution in [3.05, 3.63) is 42.5 Å². The molecule has 1 heterocycles. The SMILES string of the molecule is CN(CC(=O)Nc1ccccc1S(=O)(=O)C(F)F)Cc1nccn1CC(F)(F)F. The summed E-state index contributed by atoms with van der Waals surface area (Å²) in [5.74, 6) is -4.33. The van der Waals surface area contributed by atoms with Crippen LogP contribution in [0.5, 0.6) is 0 Å². The van der Waals surface area contributed by atoms with Crippen LogP contribution in [0.2, 0.25) is 0 Å². The lowest BCUT2D eigenvalue weighted by Gasteiger charge is -2.18. The number of aromatic nitrogens is 2. The van der Waals surface area contributed by atoms with Crippen molar-refractivity contribution in [1.29, 1.82) is 0 Å². The number of anilines is 1. The van der Waals surface area contributed by atoms with Crippen molar-refractivity contribution in [3.63, 3.8) is 0 Å². The van der Waals surface area contributed by atoms with E-state index < -0.39 is 39.1 Å². The summed E-state index contributed by atoms with van der Waals surface area (Å²) in [6.07, 6.45) is -2.09. The lowest BCUT2D eigenvalue weighted by atomic mass is 10.3. The zero-order valence-corrected chi connectivity index (χ0v) is 15.8. The third kappa shape index (κ3) is 6.22. The Kier molecular flexibility index (Phi) is 6.95. The average molecular weight is 440 g/mol. The summed E-state index contributed by atoms with van der Waals surface area (Å²) in [6, 6.07) is 4.69. The quantitative estimate of drug-likeness (QED) is 0.638. The van der Waals surface area contributed by atoms with Crippen LogP contribution in [0.3, 0.4) is 0 Å². The maximum atomic E-state index is 12.8. The van der Waals surface area contributed by atoms with E-state index in [2.05, 4.69) is 10.3 Å². The lowest BCUT2D eigenvalue weighted by molar-refractivity contribution is -0.141. The average Bonchev–Trinajstić information content (AvgIpc) is 2.99. The number of para-hydroxylation sites is 1. The number of nitrogens with zero attached hydrogens (tertiary/aromatic N) is 3. The van der Waals surface area contributed by atoms with E-state index in [1.54, 1.807) is 0 Å². The van der Waals surface area contributed by atoms with Crippen LogP contribution in [-0.2, 0) is 27.7 Å². The molecule has 29 heavy (non-hydrogen) atoms. The number of amides is 1. The first kappa shape index (κ1) is 22.7. The summed E-state index contributed by atoms with van der Waals surface area (Å²) in [4.78, 5) is 16.6. The third-order valence-corrected chi connectivity index (χ3v) is 5.12. The maximum Gasteiger partial charge on any atom is 0.406 e. The first-order chi connectivity index (χ1) is 13.4. The normalized spacial score (nSPS) is 12.6. The second-order valence-corrected chi connectivity index (χ2v) is 8.00. The van der Waals surface area contributed by atoms with Crippen molar-refractivity contribution < 1.29 is 35.2 Å². The van der Waals surface area contributed by atoms with Gasteiger partial charge < -0.3 is 9.88 Å². The van der Waals surface area contributed by atoms with Crippen LogP contribution < -0.4 is 5.32 Å². The van der Waals surface area contributed by atoms with E-state index in [0.29, 0.717) is 0 Å². The van der Waals surface area contributed by atoms with Gasteiger partial charge in [-0.1, -0.05) is 12.1 Å². The van der Waals surface area contributed by atoms with Gasteiger partial charge in [-0.05, 0) is 19.2 Å². The molecule has 2 aromatic rings. The molecule has 0 fully saturated rings. The van der Waals surface area contributed by atoms with Gasteiger partial charge in [0.15, 0.2) is 0 Å². The van der Waals surface area contributed by atoms with Crippen LogP contribution in [0.25, 0.3) is 0 Å². The number of alkyl halides is 5. The molecule has 0 aliphatic heterocycles. The van der Waals surface area contributed by atoms with Crippen molar-refractivity contribution in [2.75, 3.05) is 18.9 Å². The molecular formula is C16H17F5N4O3S. The lowest BCUT2D eigenvalue weighted by Crippen LogP contribution is -2.31. The first-order valence-electron chi connectivity index (χ1n) is 8.06. The Morgan fingerprint density at radius 1 is 1.28 bits per heavy atom. The van der Waals surface area contributed by atoms with Crippen LogP contribution in [-0.4, -0.2) is 54.3 Å². The van der Waals surface area contributed by atoms with Crippen LogP contribution >= 0.6 is 0 Å². The number of carbonyl (C=O) groups excluding carboxylic acids is 1. The van der Waals surface area contributed by atoms with Gasteiger partial charge in [-0.25, -0.2) is 13.4 Å². The molecule has 2 rings (SSSR count). The molecule has 1 amide bonds. The summed E-state index contributed by atoms with van der Waals surface area (Å²) in [5, 5.41) is 2.23. The number of imidazole rings is 1. The van der Waals surface area contributed by atoms with Crippen LogP contribution in [0, 0.1) is 0 Å². The molecule has 1 aromatic carbocycles. The van der Waals surface area contributed by atoms with E-state index in [4.69, 9.17) is 0 Å². The van der Waals surface area contributed by atoms with Crippen molar-refractivity contribution in [3.8, 4) is 0 Å². The Labute approximate surface area is 163 Å². The molecule has 13 heteroatoms. The Bertz CT molecular complexity index is 959. The number of hydrogen-bond acceptors (Lipinski definition) is 5. The Balaban J connectivity index is 2.05. The van der Waals surface area contributed by atoms with Crippen molar-refractivity contribution in [1.82, 2.24) is 14.5 Å². The second kappa shape index (κ2) is 8.86. The van der Waals surface area contributed by atoms with E-state index in [1.165, 1.54) is 30.3 Å². The topological polar surface area (TPSA) is 84.3 Å². The van der Waals surface area contributed by atoms with Gasteiger partial charge in [0.1, 0.15) is 12.4 Å². The zero-order valence-electron chi connectivity index (χ0n) is 15.0. The smallest absolute Gasteiger partial charge is 0.325 e. The van der Waals surface area contributed by atoms with E-state index in [1.807, 2.05) is 0 Å². The summed E-state index contributed by atoms with van der Waals surface area (Å²) < 4.78 is 87.5. The van der Waals surface area contributed by atoms with Gasteiger partial charge in [-0.2, -0.15) is 22.0 Å². The molecule has 1 N–H and O–H groups in total. The van der Waals surface area contributed by atoms with Crippen LogP contribution in [0.15, 0.2) is 41.6 Å². The summed E-state index contributed by atoms with van der Waals surface area (Å²) in [5.41, 5.74) is -0.315. The Hall–Kier alpha value is -2.54. The molecule has 7 nitrogen and oxygen atoms in total. The highest BCUT2D eigenvalue weighted by molar-refractivity contribution is 7.91. The van der Waals surface area contributed by atoms with Crippen molar-refractivity contribution in [2.45, 2.75) is 29.9 Å². The molecule has 0 saturated carbocycles. The van der Waals surface area contributed by atoms with Gasteiger partial charge in [0.2, 0.25) is 15.7 Å². The molecule has 0 radical (unpaired) electrons. The number of halogens is 5. The zero-order chi connectivity index (χ0) is 21.8. The van der Waals surface area contributed by atoms with E-state index >= 15 is 0 Å². The molecule has 0 saturated heterocycles. The fraction of sp³-hybridized carbons (Fsp3) is 0.375. The monoisotopic (exact) mass is 440 g/mol. The number of carbonyl (C=O) groups is 1. The largest absolute Gasteiger partial charge is 0.406 e. The van der Waals surface area contributed by atoms with Crippen molar-refractivity contribution >= 4 is 21.4 Å². The fourth-order valence-corrected chi connectivity index (χ4v) is 3.36. The Morgan fingerprint density at radius 2 is 1.93 bits per heavy atom. The van der Waals surface area contributed by atoms with Crippen LogP contribution in [0.1, 0.15) is 5.82 Å². The summed E-state index contributed by atoms with van der Waals surface area (Å²) in [6.45, 7) is -1.68. The number of benzene rings is 1. The molecule has 1 aromatic heterocycles. The second-order valence-electron chi connectivity index (χ2n) is 6.11. The molecule has 0 unspecified atom stereocenters. The molecule has 160 valence electrons. The minimum Gasteiger partial charge on any atom is -0.325 e. The molecule has 0 aliphatic rings. The van der Waals surface area contributed by atoms with Gasteiger partial charge >= 0.3 is 11.9 Å². The van der Waals surface area contributed by atoms with E-state index in [9.17, 15) is 35.2 Å². The number of likely N-dealkylation sites (N-methyl/N-ethyl adjacent to an activating group) is 1. The van der Waals surface area contributed by atoms with Gasteiger partial charge in [-0.3, -0.25) is 9.69 Å². The summed E-state index contributed by atoms with van der Waals surface area (Å²) in [7, 11) is -3.49. The van der Waals surface area contributed by atoms with Crippen LogP contribution in [0.4, 0.5) is 27.6 Å². The number of hydrogen-bond donors (Lipinski definition) is 1. The van der Waals surface area contributed by atoms with Gasteiger partial charge in [0, 0.05) is 12.4 Å². The third-order valence-electron chi connectivity index (χ3n) is 3.68. The minimum absolute atomic E-state index is 0.0679. The number of sulfone groups is 1. The number of rotatable bonds is 8. The predicted octanol–water partition coefficient (Wildman–Crippen LogP) is 2.51. The standard InChI is InChI=1S/C16H17F5N4O3S/c1-24(8-13-22-6-7-25(13)10-16(19,20)21)9-14(26)23-11-4-2-3-5-12(11)29(27,28)15(17)18/h2-7,15H,8-10H2,1H3,(H,23,26). The highest BCUT2D eigenvalue weighted by atomic mass is 32.2. The maximum absolute atomic E-state index is 12.8. The fourth-order valence-electron chi connectivity index (χ4n) is 2.48. The highest BCUT2D eigenvalue weighted by Crippen LogP contribution is 2.26. The van der Waals surface area contributed by atoms with E-state index in [-0.39, 0.29) is 24.6 Å². The molecular weight excluding hydrogens is 423 g/mol. The van der Waals surface area contributed by atoms with Gasteiger partial charge in [0.25, 0.3) is 0 Å². The molecule has 0 bridgehead atoms. The molecule has 0 atom stereocenters. The molecule has 0 spiro atoms. The molecule has 0 aliphatic carbocycles. The van der Waals surface area contributed by atoms with Crippen molar-refractivity contribution in [2.24, 2.45) is 0 Å². The van der Waals surface area contributed by atoms with Gasteiger partial charge in [-0.15, -0.1) is 0 Å². The highest BCUT2D eigenvalue weighted by Gasteiger charge is 2.30.